The molecule has 1 amide bonds. The van der Waals surface area contributed by atoms with Crippen molar-refractivity contribution in [2.24, 2.45) is 0 Å². The summed E-state index contributed by atoms with van der Waals surface area (Å²) in [4.78, 5) is 11.2. The molecule has 0 saturated carbocycles. The Bertz CT molecular complexity index is 231. The van der Waals surface area contributed by atoms with Crippen LogP contribution >= 0.6 is 0 Å². The lowest BCUT2D eigenvalue weighted by Crippen LogP contribution is -2.29. The lowest BCUT2D eigenvalue weighted by atomic mass is 10.1. The lowest BCUT2D eigenvalue weighted by molar-refractivity contribution is 0.0552. The van der Waals surface area contributed by atoms with Crippen LogP contribution in [0.5, 0.6) is 0 Å². The minimum absolute atomic E-state index is 0.258. The molecule has 0 aromatic heterocycles. The second kappa shape index (κ2) is 7.28. The fourth-order valence-corrected chi connectivity index (χ4v) is 1.01. The minimum atomic E-state index is -0.476. The van der Waals surface area contributed by atoms with Gasteiger partial charge < -0.3 is 9.84 Å². The van der Waals surface area contributed by atoms with Crippen LogP contribution in [0.4, 0.5) is 4.79 Å². The standard InChI is InChI=1S/C12H23NO3/c1-5-10(14)8-6-7-9-13-11(15)16-12(2,3)4/h7,9-10,14H,5-6,8H2,1-4H3,(H,13,15). The van der Waals surface area contributed by atoms with E-state index in [0.29, 0.717) is 6.42 Å². The van der Waals surface area contributed by atoms with Gasteiger partial charge in [0.05, 0.1) is 6.10 Å². The Labute approximate surface area is 97.7 Å². The van der Waals surface area contributed by atoms with Gasteiger partial charge in [-0.25, -0.2) is 4.79 Å². The van der Waals surface area contributed by atoms with Gasteiger partial charge in [0.15, 0.2) is 0 Å². The molecule has 0 saturated heterocycles. The van der Waals surface area contributed by atoms with E-state index < -0.39 is 11.7 Å². The maximum Gasteiger partial charge on any atom is 0.411 e. The predicted octanol–water partition coefficient (Wildman–Crippen LogP) is 2.58. The molecule has 0 heterocycles. The molecule has 0 spiro atoms. The molecule has 1 unspecified atom stereocenters. The van der Waals surface area contributed by atoms with Crippen molar-refractivity contribution in [3.05, 3.63) is 12.3 Å². The van der Waals surface area contributed by atoms with Crippen LogP contribution in [0.3, 0.4) is 0 Å². The third kappa shape index (κ3) is 9.52. The Hall–Kier alpha value is -1.03. The second-order valence-corrected chi connectivity index (χ2v) is 4.69. The Morgan fingerprint density at radius 1 is 1.50 bits per heavy atom. The number of carbonyl (C=O) groups excluding carboxylic acids is 1. The van der Waals surface area contributed by atoms with Crippen molar-refractivity contribution < 1.29 is 14.6 Å². The zero-order valence-corrected chi connectivity index (χ0v) is 10.6. The van der Waals surface area contributed by atoms with Crippen molar-refractivity contribution in [2.75, 3.05) is 0 Å². The van der Waals surface area contributed by atoms with Crippen molar-refractivity contribution in [1.82, 2.24) is 5.32 Å². The largest absolute Gasteiger partial charge is 0.444 e. The number of aliphatic hydroxyl groups excluding tert-OH is 1. The first-order valence-electron chi connectivity index (χ1n) is 5.67. The molecule has 0 aromatic rings. The van der Waals surface area contributed by atoms with Gasteiger partial charge in [-0.3, -0.25) is 5.32 Å². The number of allylic oxidation sites excluding steroid dienone is 1. The smallest absolute Gasteiger partial charge is 0.411 e. The molecule has 94 valence electrons. The van der Waals surface area contributed by atoms with Gasteiger partial charge in [0.2, 0.25) is 0 Å². The summed E-state index contributed by atoms with van der Waals surface area (Å²) in [5, 5.41) is 11.8. The highest BCUT2D eigenvalue weighted by molar-refractivity contribution is 5.68. The van der Waals surface area contributed by atoms with E-state index in [9.17, 15) is 9.90 Å². The fourth-order valence-electron chi connectivity index (χ4n) is 1.01. The number of carbonyl (C=O) groups is 1. The molecule has 0 aliphatic rings. The predicted molar refractivity (Wildman–Crippen MR) is 64.0 cm³/mol. The average molecular weight is 229 g/mol. The summed E-state index contributed by atoms with van der Waals surface area (Å²) in [7, 11) is 0. The number of hydrogen-bond donors (Lipinski definition) is 2. The summed E-state index contributed by atoms with van der Waals surface area (Å²) in [5.41, 5.74) is -0.476. The molecule has 2 N–H and O–H groups in total. The van der Waals surface area contributed by atoms with Crippen molar-refractivity contribution in [2.45, 2.75) is 58.7 Å². The van der Waals surface area contributed by atoms with Crippen LogP contribution < -0.4 is 5.32 Å². The topological polar surface area (TPSA) is 58.6 Å². The zero-order chi connectivity index (χ0) is 12.6. The monoisotopic (exact) mass is 229 g/mol. The summed E-state index contributed by atoms with van der Waals surface area (Å²) in [6, 6.07) is 0. The van der Waals surface area contributed by atoms with E-state index in [1.54, 1.807) is 6.20 Å². The van der Waals surface area contributed by atoms with Gasteiger partial charge >= 0.3 is 6.09 Å². The number of nitrogens with one attached hydrogen (secondary N) is 1. The quantitative estimate of drug-likeness (QED) is 0.761. The van der Waals surface area contributed by atoms with Gasteiger partial charge in [-0.15, -0.1) is 0 Å². The number of ether oxygens (including phenoxy) is 1. The van der Waals surface area contributed by atoms with Crippen molar-refractivity contribution in [3.63, 3.8) is 0 Å². The highest BCUT2D eigenvalue weighted by Crippen LogP contribution is 2.06. The van der Waals surface area contributed by atoms with Crippen LogP contribution in [0.1, 0.15) is 47.0 Å². The minimum Gasteiger partial charge on any atom is -0.444 e. The van der Waals surface area contributed by atoms with Crippen LogP contribution in [-0.4, -0.2) is 22.9 Å². The molecule has 0 rings (SSSR count). The first kappa shape index (κ1) is 15.0. The Balaban J connectivity index is 3.64. The van der Waals surface area contributed by atoms with E-state index in [2.05, 4.69) is 5.32 Å². The van der Waals surface area contributed by atoms with Gasteiger partial charge in [0.25, 0.3) is 0 Å². The summed E-state index contributed by atoms with van der Waals surface area (Å²) in [6.07, 6.45) is 4.85. The summed E-state index contributed by atoms with van der Waals surface area (Å²) >= 11 is 0. The lowest BCUT2D eigenvalue weighted by Gasteiger charge is -2.18. The van der Waals surface area contributed by atoms with Gasteiger partial charge in [0, 0.05) is 6.20 Å². The third-order valence-corrected chi connectivity index (χ3v) is 1.86. The van der Waals surface area contributed by atoms with E-state index in [-0.39, 0.29) is 6.10 Å². The number of rotatable bonds is 5. The summed E-state index contributed by atoms with van der Waals surface area (Å²) < 4.78 is 5.04. The number of hydrogen-bond acceptors (Lipinski definition) is 3. The Kier molecular flexibility index (Phi) is 6.81. The molecule has 0 aliphatic carbocycles. The fraction of sp³-hybridized carbons (Fsp3) is 0.750. The first-order chi connectivity index (χ1) is 7.35. The zero-order valence-electron chi connectivity index (χ0n) is 10.6. The van der Waals surface area contributed by atoms with Crippen LogP contribution in [-0.2, 0) is 4.74 Å². The van der Waals surface area contributed by atoms with Crippen LogP contribution in [0, 0.1) is 0 Å². The van der Waals surface area contributed by atoms with Crippen LogP contribution in [0.15, 0.2) is 12.3 Å². The summed E-state index contributed by atoms with van der Waals surface area (Å²) in [6.45, 7) is 7.38. The molecular weight excluding hydrogens is 206 g/mol. The Morgan fingerprint density at radius 3 is 2.62 bits per heavy atom. The SMILES string of the molecule is CCC(O)CCC=CNC(=O)OC(C)(C)C. The van der Waals surface area contributed by atoms with Crippen molar-refractivity contribution in [1.29, 1.82) is 0 Å². The van der Waals surface area contributed by atoms with E-state index in [1.165, 1.54) is 0 Å². The van der Waals surface area contributed by atoms with Crippen LogP contribution in [0.25, 0.3) is 0 Å². The normalized spacial score (nSPS) is 13.8. The van der Waals surface area contributed by atoms with Crippen molar-refractivity contribution in [3.8, 4) is 0 Å². The van der Waals surface area contributed by atoms with Gasteiger partial charge in [-0.1, -0.05) is 13.0 Å². The van der Waals surface area contributed by atoms with E-state index in [4.69, 9.17) is 4.74 Å². The number of aliphatic hydroxyl groups is 1. The molecule has 0 fully saturated rings. The van der Waals surface area contributed by atoms with Gasteiger partial charge in [-0.05, 0) is 40.0 Å². The molecule has 16 heavy (non-hydrogen) atoms. The summed E-state index contributed by atoms with van der Waals surface area (Å²) in [5.74, 6) is 0. The maximum atomic E-state index is 11.2. The average Bonchev–Trinajstić information content (AvgIpc) is 2.14. The third-order valence-electron chi connectivity index (χ3n) is 1.86. The van der Waals surface area contributed by atoms with E-state index in [1.807, 2.05) is 33.8 Å². The highest BCUT2D eigenvalue weighted by atomic mass is 16.6. The molecule has 4 nitrogen and oxygen atoms in total. The molecule has 0 radical (unpaired) electrons. The molecule has 0 aliphatic heterocycles. The van der Waals surface area contributed by atoms with E-state index >= 15 is 0 Å². The van der Waals surface area contributed by atoms with Crippen molar-refractivity contribution >= 4 is 6.09 Å². The second-order valence-electron chi connectivity index (χ2n) is 4.69. The molecule has 1 atom stereocenters. The maximum absolute atomic E-state index is 11.2. The number of amides is 1. The molecule has 4 heteroatoms. The number of alkyl carbamates (subject to hydrolysis) is 1. The van der Waals surface area contributed by atoms with E-state index in [0.717, 1.165) is 12.8 Å². The Morgan fingerprint density at radius 2 is 2.12 bits per heavy atom. The highest BCUT2D eigenvalue weighted by Gasteiger charge is 2.14. The van der Waals surface area contributed by atoms with Gasteiger partial charge in [-0.2, -0.15) is 0 Å². The van der Waals surface area contributed by atoms with Gasteiger partial charge in [0.1, 0.15) is 5.60 Å². The molecular formula is C12H23NO3. The molecule has 0 bridgehead atoms. The first-order valence-corrected chi connectivity index (χ1v) is 5.67. The molecule has 0 aromatic carbocycles. The van der Waals surface area contributed by atoms with Crippen LogP contribution in [0.2, 0.25) is 0 Å².